The number of hydrogen-bond donors (Lipinski definition) is 2. The first-order valence-corrected chi connectivity index (χ1v) is 8.50. The first kappa shape index (κ1) is 17.3. The monoisotopic (exact) mass is 344 g/mol. The quantitative estimate of drug-likeness (QED) is 0.806. The molecule has 0 radical (unpaired) electrons. The van der Waals surface area contributed by atoms with Crippen molar-refractivity contribution >= 4 is 11.7 Å². The van der Waals surface area contributed by atoms with Gasteiger partial charge in [-0.15, -0.1) is 0 Å². The van der Waals surface area contributed by atoms with E-state index in [1.54, 1.807) is 18.7 Å². The van der Waals surface area contributed by atoms with Crippen molar-refractivity contribution in [2.75, 3.05) is 18.5 Å². The van der Waals surface area contributed by atoms with E-state index in [1.165, 1.54) is 0 Å². The largest absolute Gasteiger partial charge is 0.379 e. The molecule has 3 rings (SSSR count). The molecule has 2 atom stereocenters. The van der Waals surface area contributed by atoms with Gasteiger partial charge in [0.15, 0.2) is 0 Å². The molecule has 0 aliphatic carbocycles. The number of aromatic nitrogens is 4. The van der Waals surface area contributed by atoms with Crippen LogP contribution in [0.3, 0.4) is 0 Å². The molecule has 1 fully saturated rings. The molecule has 0 bridgehead atoms. The van der Waals surface area contributed by atoms with Gasteiger partial charge >= 0.3 is 0 Å². The van der Waals surface area contributed by atoms with E-state index in [0.29, 0.717) is 31.9 Å². The average molecular weight is 344 g/mol. The summed E-state index contributed by atoms with van der Waals surface area (Å²) in [6.07, 6.45) is 7.15. The molecule has 2 aromatic heterocycles. The normalized spacial score (nSPS) is 20.2. The molecule has 0 unspecified atom stereocenters. The van der Waals surface area contributed by atoms with Gasteiger partial charge in [0.05, 0.1) is 25.0 Å². The fourth-order valence-corrected chi connectivity index (χ4v) is 2.93. The summed E-state index contributed by atoms with van der Waals surface area (Å²) in [5.41, 5.74) is 1.05. The molecule has 1 amide bonds. The van der Waals surface area contributed by atoms with Crippen LogP contribution in [0.4, 0.5) is 5.82 Å². The third-order valence-electron chi connectivity index (χ3n) is 4.34. The fourth-order valence-electron chi connectivity index (χ4n) is 2.93. The maximum atomic E-state index is 12.3. The van der Waals surface area contributed by atoms with Crippen LogP contribution in [0.2, 0.25) is 0 Å². The number of anilines is 1. The number of ether oxygens (including phenoxy) is 1. The van der Waals surface area contributed by atoms with Crippen LogP contribution < -0.4 is 10.6 Å². The van der Waals surface area contributed by atoms with E-state index < -0.39 is 0 Å². The van der Waals surface area contributed by atoms with Gasteiger partial charge in [0.2, 0.25) is 5.91 Å². The van der Waals surface area contributed by atoms with E-state index in [4.69, 9.17) is 4.74 Å². The maximum Gasteiger partial charge on any atom is 0.220 e. The van der Waals surface area contributed by atoms with Gasteiger partial charge in [0, 0.05) is 38.2 Å². The van der Waals surface area contributed by atoms with Crippen LogP contribution in [0.5, 0.6) is 0 Å². The van der Waals surface area contributed by atoms with Crippen LogP contribution in [0.1, 0.15) is 24.4 Å². The highest BCUT2D eigenvalue weighted by Crippen LogP contribution is 2.14. The number of carbonyl (C=O) groups is 1. The lowest BCUT2D eigenvalue weighted by molar-refractivity contribution is -0.122. The highest BCUT2D eigenvalue weighted by atomic mass is 16.5. The van der Waals surface area contributed by atoms with Crippen molar-refractivity contribution in [1.82, 2.24) is 24.8 Å². The van der Waals surface area contributed by atoms with Crippen molar-refractivity contribution in [3.63, 3.8) is 0 Å². The molecule has 0 aromatic carbocycles. The van der Waals surface area contributed by atoms with Gasteiger partial charge < -0.3 is 19.9 Å². The molecule has 0 spiro atoms. The lowest BCUT2D eigenvalue weighted by Crippen LogP contribution is -2.52. The molecule has 0 saturated carbocycles. The number of hydrogen-bond acceptors (Lipinski definition) is 6. The summed E-state index contributed by atoms with van der Waals surface area (Å²) in [5.74, 6) is 1.49. The molecule has 8 heteroatoms. The summed E-state index contributed by atoms with van der Waals surface area (Å²) in [7, 11) is 1.93. The summed E-state index contributed by atoms with van der Waals surface area (Å²) >= 11 is 0. The SMILES string of the molecule is Cc1nccc(N[C@@H]2COCC[C@@H]2NC(=O)CCc2cncn2C)n1. The Bertz CT molecular complexity index is 717. The highest BCUT2D eigenvalue weighted by Gasteiger charge is 2.27. The van der Waals surface area contributed by atoms with Gasteiger partial charge in [-0.25, -0.2) is 15.0 Å². The van der Waals surface area contributed by atoms with Gasteiger partial charge in [-0.3, -0.25) is 4.79 Å². The Morgan fingerprint density at radius 1 is 1.44 bits per heavy atom. The molecule has 1 saturated heterocycles. The number of nitrogens with one attached hydrogen (secondary N) is 2. The minimum Gasteiger partial charge on any atom is -0.379 e. The van der Waals surface area contributed by atoms with Gasteiger partial charge in [-0.1, -0.05) is 0 Å². The predicted molar refractivity (Wildman–Crippen MR) is 93.1 cm³/mol. The average Bonchev–Trinajstić information content (AvgIpc) is 3.00. The molecular formula is C17H24N6O2. The van der Waals surface area contributed by atoms with Crippen LogP contribution >= 0.6 is 0 Å². The van der Waals surface area contributed by atoms with Gasteiger partial charge in [-0.05, 0) is 25.8 Å². The molecule has 1 aliphatic heterocycles. The number of amides is 1. The predicted octanol–water partition coefficient (Wildman–Crippen LogP) is 0.837. The Morgan fingerprint density at radius 3 is 3.08 bits per heavy atom. The zero-order chi connectivity index (χ0) is 17.6. The Labute approximate surface area is 147 Å². The van der Waals surface area contributed by atoms with Crippen LogP contribution in [-0.4, -0.2) is 50.7 Å². The third kappa shape index (κ3) is 4.76. The molecule has 2 N–H and O–H groups in total. The number of carbonyl (C=O) groups excluding carboxylic acids is 1. The lowest BCUT2D eigenvalue weighted by atomic mass is 10.0. The minimum absolute atomic E-state index is 0.0105. The fraction of sp³-hybridized carbons (Fsp3) is 0.529. The first-order chi connectivity index (χ1) is 12.1. The molecule has 8 nitrogen and oxygen atoms in total. The van der Waals surface area contributed by atoms with Crippen molar-refractivity contribution in [3.8, 4) is 0 Å². The topological polar surface area (TPSA) is 94.0 Å². The van der Waals surface area contributed by atoms with E-state index in [0.717, 1.165) is 17.9 Å². The second kappa shape index (κ2) is 8.06. The third-order valence-corrected chi connectivity index (χ3v) is 4.34. The van der Waals surface area contributed by atoms with Crippen molar-refractivity contribution in [2.24, 2.45) is 7.05 Å². The summed E-state index contributed by atoms with van der Waals surface area (Å²) in [4.78, 5) is 24.9. The van der Waals surface area contributed by atoms with Crippen molar-refractivity contribution < 1.29 is 9.53 Å². The van der Waals surface area contributed by atoms with Gasteiger partial charge in [0.1, 0.15) is 11.6 Å². The molecule has 25 heavy (non-hydrogen) atoms. The highest BCUT2D eigenvalue weighted by molar-refractivity contribution is 5.76. The van der Waals surface area contributed by atoms with Crippen molar-refractivity contribution in [2.45, 2.75) is 38.3 Å². The zero-order valence-electron chi connectivity index (χ0n) is 14.6. The van der Waals surface area contributed by atoms with E-state index in [-0.39, 0.29) is 18.0 Å². The van der Waals surface area contributed by atoms with Crippen LogP contribution in [0.15, 0.2) is 24.8 Å². The van der Waals surface area contributed by atoms with Crippen LogP contribution in [0.25, 0.3) is 0 Å². The second-order valence-electron chi connectivity index (χ2n) is 6.27. The van der Waals surface area contributed by atoms with Crippen molar-refractivity contribution in [1.29, 1.82) is 0 Å². The maximum absolute atomic E-state index is 12.3. The number of rotatable bonds is 6. The van der Waals surface area contributed by atoms with E-state index in [1.807, 2.05) is 24.6 Å². The number of aryl methyl sites for hydroxylation is 3. The summed E-state index contributed by atoms with van der Waals surface area (Å²) in [6, 6.07) is 1.83. The molecule has 134 valence electrons. The van der Waals surface area contributed by atoms with Crippen LogP contribution in [0, 0.1) is 6.92 Å². The van der Waals surface area contributed by atoms with Gasteiger partial charge in [0.25, 0.3) is 0 Å². The van der Waals surface area contributed by atoms with Crippen molar-refractivity contribution in [3.05, 3.63) is 36.3 Å². The Morgan fingerprint density at radius 2 is 2.32 bits per heavy atom. The Kier molecular flexibility index (Phi) is 5.60. The number of nitrogens with zero attached hydrogens (tertiary/aromatic N) is 4. The minimum atomic E-state index is -0.0105. The van der Waals surface area contributed by atoms with E-state index in [9.17, 15) is 4.79 Å². The Balaban J connectivity index is 1.55. The van der Waals surface area contributed by atoms with Gasteiger partial charge in [-0.2, -0.15) is 0 Å². The second-order valence-corrected chi connectivity index (χ2v) is 6.27. The van der Waals surface area contributed by atoms with E-state index >= 15 is 0 Å². The molecule has 1 aliphatic rings. The van der Waals surface area contributed by atoms with E-state index in [2.05, 4.69) is 25.6 Å². The number of imidazole rings is 1. The smallest absolute Gasteiger partial charge is 0.220 e. The summed E-state index contributed by atoms with van der Waals surface area (Å²) in [5, 5.41) is 6.48. The molecule has 3 heterocycles. The summed E-state index contributed by atoms with van der Waals surface area (Å²) < 4.78 is 7.50. The lowest BCUT2D eigenvalue weighted by Gasteiger charge is -2.33. The first-order valence-electron chi connectivity index (χ1n) is 8.50. The van der Waals surface area contributed by atoms with Crippen LogP contribution in [-0.2, 0) is 23.0 Å². The zero-order valence-corrected chi connectivity index (χ0v) is 14.6. The molecule has 2 aromatic rings. The summed E-state index contributed by atoms with van der Waals surface area (Å²) in [6.45, 7) is 3.03. The standard InChI is InChI=1S/C17H24N6O2/c1-12-19-7-5-16(20-12)21-15-10-25-8-6-14(15)22-17(24)4-3-13-9-18-11-23(13)2/h5,7,9,11,14-15H,3-4,6,8,10H2,1-2H3,(H,22,24)(H,19,20,21)/t14-,15+/m0/s1. The Hall–Kier alpha value is -2.48. The molecular weight excluding hydrogens is 320 g/mol.